The fraction of sp³-hybridized carbons (Fsp3) is 0.419. The highest BCUT2D eigenvalue weighted by Crippen LogP contribution is 2.32. The lowest BCUT2D eigenvalue weighted by atomic mass is 9.87. The number of benzene rings is 2. The molecule has 0 amide bonds. The van der Waals surface area contributed by atoms with E-state index in [4.69, 9.17) is 14.3 Å². The van der Waals surface area contributed by atoms with Gasteiger partial charge in [-0.05, 0) is 59.5 Å². The third kappa shape index (κ3) is 9.88. The van der Waals surface area contributed by atoms with Gasteiger partial charge < -0.3 is 14.3 Å². The second-order valence-electron chi connectivity index (χ2n) is 11.3. The topological polar surface area (TPSA) is 52.6 Å². The molecule has 0 aromatic heterocycles. The largest absolute Gasteiger partial charge is 0.487 e. The van der Waals surface area contributed by atoms with Gasteiger partial charge >= 0.3 is 5.97 Å². The van der Waals surface area contributed by atoms with Crippen LogP contribution in [0, 0.1) is 28.7 Å². The Morgan fingerprint density at radius 1 is 0.950 bits per heavy atom. The molecule has 0 N–H and O–H groups in total. The molecule has 0 aliphatic carbocycles. The molecular weight excluding hydrogens is 543 g/mol. The highest BCUT2D eigenvalue weighted by atomic mass is 31.0. The summed E-state index contributed by atoms with van der Waals surface area (Å²) in [5.41, 5.74) is 0.723. The average Bonchev–Trinajstić information content (AvgIpc) is 2.86. The number of hydrogen-bond acceptors (Lipinski definition) is 4. The minimum Gasteiger partial charge on any atom is -0.487 e. The summed E-state index contributed by atoms with van der Waals surface area (Å²) in [5, 5.41) is 0. The normalized spacial score (nSPS) is 13.1. The van der Waals surface area contributed by atoms with Crippen molar-refractivity contribution in [2.24, 2.45) is 5.41 Å². The Labute approximate surface area is 237 Å². The molecule has 2 aromatic carbocycles. The third-order valence-corrected chi connectivity index (χ3v) is 6.41. The number of halogens is 4. The highest BCUT2D eigenvalue weighted by molar-refractivity contribution is 7.18. The van der Waals surface area contributed by atoms with Gasteiger partial charge in [-0.2, -0.15) is 8.78 Å². The van der Waals surface area contributed by atoms with E-state index in [1.54, 1.807) is 18.2 Å². The van der Waals surface area contributed by atoms with Gasteiger partial charge in [-0.25, -0.2) is 13.6 Å². The first-order valence-electron chi connectivity index (χ1n) is 12.8. The van der Waals surface area contributed by atoms with Crippen molar-refractivity contribution in [3.05, 3.63) is 82.5 Å². The van der Waals surface area contributed by atoms with Crippen LogP contribution in [0.3, 0.4) is 0 Å². The van der Waals surface area contributed by atoms with Crippen molar-refractivity contribution in [3.63, 3.8) is 0 Å². The quantitative estimate of drug-likeness (QED) is 0.0566. The zero-order valence-corrected chi connectivity index (χ0v) is 25.3. The molecule has 0 heterocycles. The molecule has 0 aliphatic heterocycles. The van der Waals surface area contributed by atoms with Gasteiger partial charge in [0.25, 0.3) is 0 Å². The van der Waals surface area contributed by atoms with Crippen LogP contribution < -0.4 is 9.47 Å². The molecule has 2 unspecified atom stereocenters. The Kier molecular flexibility index (Phi) is 13.3. The first-order valence-corrected chi connectivity index (χ1v) is 13.4. The van der Waals surface area contributed by atoms with Crippen LogP contribution in [0.5, 0.6) is 11.5 Å². The Bertz CT molecular complexity index is 1180. The van der Waals surface area contributed by atoms with Gasteiger partial charge in [-0.3, -0.25) is 0 Å². The standard InChI is InChI=1S/C30H37F4O3P.CH2O/c1-8-18(21(38)17-29(2,3)4)11-9-10-16-36-27-25(33)23(31)22(24(32)26(27)34)28(35)37-20-14-12-19(13-15-20)30(5,6)7;1-2/h8-9,11-15,21H,10,16-17,38H2,1-7H3;1H2/b11-9-,18-8+;. The van der Waals surface area contributed by atoms with Crippen molar-refractivity contribution in [1.82, 2.24) is 0 Å². The van der Waals surface area contributed by atoms with E-state index in [2.05, 4.69) is 30.0 Å². The Morgan fingerprint density at radius 2 is 1.48 bits per heavy atom. The summed E-state index contributed by atoms with van der Waals surface area (Å²) < 4.78 is 68.5. The van der Waals surface area contributed by atoms with E-state index in [9.17, 15) is 22.4 Å². The predicted molar refractivity (Wildman–Crippen MR) is 154 cm³/mol. The molecule has 2 aromatic rings. The van der Waals surface area contributed by atoms with Crippen molar-refractivity contribution < 1.29 is 36.6 Å². The fourth-order valence-corrected chi connectivity index (χ4v) is 4.77. The Morgan fingerprint density at radius 3 is 1.93 bits per heavy atom. The van der Waals surface area contributed by atoms with Crippen molar-refractivity contribution >= 4 is 22.0 Å². The monoisotopic (exact) mass is 582 g/mol. The van der Waals surface area contributed by atoms with Gasteiger partial charge in [0.1, 0.15) is 18.1 Å². The maximum absolute atomic E-state index is 14.6. The van der Waals surface area contributed by atoms with Gasteiger partial charge in [0.15, 0.2) is 17.4 Å². The van der Waals surface area contributed by atoms with Gasteiger partial charge in [-0.1, -0.05) is 71.9 Å². The molecule has 0 radical (unpaired) electrons. The second kappa shape index (κ2) is 15.1. The van der Waals surface area contributed by atoms with Gasteiger partial charge in [-0.15, -0.1) is 9.24 Å². The first-order chi connectivity index (χ1) is 18.6. The molecule has 0 saturated heterocycles. The number of rotatable bonds is 9. The van der Waals surface area contributed by atoms with Crippen molar-refractivity contribution in [3.8, 4) is 11.5 Å². The highest BCUT2D eigenvalue weighted by Gasteiger charge is 2.32. The second-order valence-corrected chi connectivity index (χ2v) is 12.1. The van der Waals surface area contributed by atoms with Crippen LogP contribution in [-0.4, -0.2) is 25.0 Å². The molecule has 40 heavy (non-hydrogen) atoms. The lowest BCUT2D eigenvalue weighted by molar-refractivity contribution is -0.0980. The summed E-state index contributed by atoms with van der Waals surface area (Å²) in [6.07, 6.45) is 6.79. The first kappa shape index (κ1) is 35.0. The summed E-state index contributed by atoms with van der Waals surface area (Å²) in [5.74, 6) is -10.2. The van der Waals surface area contributed by atoms with Crippen molar-refractivity contribution in [2.45, 2.75) is 72.4 Å². The van der Waals surface area contributed by atoms with Crippen molar-refractivity contribution in [1.29, 1.82) is 0 Å². The molecular formula is C31H39F4O4P. The summed E-state index contributed by atoms with van der Waals surface area (Å²) in [6.45, 7) is 16.1. The van der Waals surface area contributed by atoms with Crippen LogP contribution in [0.4, 0.5) is 17.6 Å². The molecule has 0 fully saturated rings. The smallest absolute Gasteiger partial charge is 0.349 e. The van der Waals surface area contributed by atoms with Gasteiger partial charge in [0, 0.05) is 0 Å². The maximum atomic E-state index is 14.6. The SMILES string of the molecule is C/C=C(\C=C/CCOc1c(F)c(F)c(C(=O)Oc2ccc(C(C)(C)C)cc2)c(F)c1F)C(P)CC(C)(C)C.C=O. The summed E-state index contributed by atoms with van der Waals surface area (Å²) in [4.78, 5) is 20.4. The predicted octanol–water partition coefficient (Wildman–Crippen LogP) is 8.53. The van der Waals surface area contributed by atoms with E-state index in [0.717, 1.165) is 17.6 Å². The van der Waals surface area contributed by atoms with Crippen LogP contribution in [0.25, 0.3) is 0 Å². The van der Waals surface area contributed by atoms with Crippen LogP contribution in [-0.2, 0) is 10.2 Å². The summed E-state index contributed by atoms with van der Waals surface area (Å²) >= 11 is 0. The van der Waals surface area contributed by atoms with E-state index < -0.39 is 40.6 Å². The number of carbonyl (C=O) groups excluding carboxylic acids is 2. The number of hydrogen-bond donors (Lipinski definition) is 0. The van der Waals surface area contributed by atoms with Gasteiger partial charge in [0.05, 0.1) is 6.61 Å². The molecule has 0 aliphatic rings. The maximum Gasteiger partial charge on any atom is 0.349 e. The number of ether oxygens (including phenoxy) is 2. The zero-order valence-electron chi connectivity index (χ0n) is 24.2. The Hall–Kier alpha value is -2.99. The molecule has 2 atom stereocenters. The average molecular weight is 583 g/mol. The van der Waals surface area contributed by atoms with Gasteiger partial charge in [0.2, 0.25) is 11.6 Å². The number of allylic oxidation sites excluding steroid dienone is 3. The van der Waals surface area contributed by atoms with E-state index in [1.165, 1.54) is 12.1 Å². The summed E-state index contributed by atoms with van der Waals surface area (Å²) in [6, 6.07) is 6.25. The zero-order chi connectivity index (χ0) is 30.8. The number of esters is 1. The van der Waals surface area contributed by atoms with Crippen LogP contribution >= 0.6 is 9.24 Å². The van der Waals surface area contributed by atoms with Crippen LogP contribution in [0.2, 0.25) is 0 Å². The van der Waals surface area contributed by atoms with E-state index in [0.29, 0.717) is 0 Å². The molecule has 0 bridgehead atoms. The van der Waals surface area contributed by atoms with Crippen LogP contribution in [0.1, 0.15) is 77.2 Å². The van der Waals surface area contributed by atoms with E-state index in [-0.39, 0.29) is 35.3 Å². The third-order valence-electron chi connectivity index (χ3n) is 5.79. The van der Waals surface area contributed by atoms with Crippen molar-refractivity contribution in [2.75, 3.05) is 6.61 Å². The Balaban J connectivity index is 0.00000391. The lowest BCUT2D eigenvalue weighted by Crippen LogP contribution is -2.17. The minimum atomic E-state index is -1.88. The minimum absolute atomic E-state index is 0.0227. The molecule has 0 spiro atoms. The molecule has 9 heteroatoms. The molecule has 2 rings (SSSR count). The molecule has 4 nitrogen and oxygen atoms in total. The van der Waals surface area contributed by atoms with E-state index >= 15 is 0 Å². The lowest BCUT2D eigenvalue weighted by Gasteiger charge is -2.23. The van der Waals surface area contributed by atoms with E-state index in [1.807, 2.05) is 46.6 Å². The molecule has 0 saturated carbocycles. The summed E-state index contributed by atoms with van der Waals surface area (Å²) in [7, 11) is 2.80. The van der Waals surface area contributed by atoms with Crippen LogP contribution in [0.15, 0.2) is 48.1 Å². The fourth-order valence-electron chi connectivity index (χ4n) is 3.76. The molecule has 220 valence electrons. The number of carbonyl (C=O) groups is 2.